The second kappa shape index (κ2) is 9.98. The lowest BCUT2D eigenvalue weighted by atomic mass is 10.0. The molecule has 2 aromatic rings. The molecule has 0 atom stereocenters. The molecule has 0 amide bonds. The zero-order chi connectivity index (χ0) is 19.8. The topological polar surface area (TPSA) is 105 Å². The molecular weight excluding hydrogens is 354 g/mol. The average Bonchev–Trinajstić information content (AvgIpc) is 3.18. The van der Waals surface area contributed by atoms with Gasteiger partial charge in [0.05, 0.1) is 12.2 Å². The quantitative estimate of drug-likeness (QED) is 0.253. The zero-order valence-corrected chi connectivity index (χ0v) is 16.4. The van der Waals surface area contributed by atoms with E-state index in [0.717, 1.165) is 30.9 Å². The largest absolute Gasteiger partial charge is 0.351 e. The summed E-state index contributed by atoms with van der Waals surface area (Å²) in [5.74, 6) is 1.50. The summed E-state index contributed by atoms with van der Waals surface area (Å²) in [5.41, 5.74) is 7.94. The van der Waals surface area contributed by atoms with Crippen LogP contribution in [-0.4, -0.2) is 66.7 Å². The maximum atomic E-state index is 8.22. The van der Waals surface area contributed by atoms with Gasteiger partial charge in [-0.25, -0.2) is 10.1 Å². The van der Waals surface area contributed by atoms with Crippen molar-refractivity contribution in [2.75, 3.05) is 40.3 Å². The fourth-order valence-corrected chi connectivity index (χ4v) is 3.11. The number of benzene rings is 1. The van der Waals surface area contributed by atoms with Crippen LogP contribution in [0.25, 0.3) is 5.69 Å². The van der Waals surface area contributed by atoms with Crippen molar-refractivity contribution in [2.24, 2.45) is 10.9 Å². The van der Waals surface area contributed by atoms with Gasteiger partial charge in [0.1, 0.15) is 5.84 Å². The maximum absolute atomic E-state index is 8.22. The van der Waals surface area contributed by atoms with Crippen LogP contribution >= 0.6 is 0 Å². The lowest BCUT2D eigenvalue weighted by Crippen LogP contribution is -2.48. The first kappa shape index (κ1) is 20.0. The molecule has 9 nitrogen and oxygen atoms in total. The molecule has 1 saturated heterocycles. The third-order valence-corrected chi connectivity index (χ3v) is 4.53. The van der Waals surface area contributed by atoms with Gasteiger partial charge in [0, 0.05) is 45.6 Å². The number of nitrogens with one attached hydrogen (secondary N) is 5. The predicted octanol–water partition coefficient (Wildman–Crippen LogP) is 0.170. The fraction of sp³-hybridized carbons (Fsp3) is 0.421. The third-order valence-electron chi connectivity index (χ3n) is 4.53. The van der Waals surface area contributed by atoms with Crippen molar-refractivity contribution in [3.8, 4) is 5.69 Å². The molecule has 0 spiro atoms. The molecule has 28 heavy (non-hydrogen) atoms. The minimum absolute atomic E-state index is 0.306. The van der Waals surface area contributed by atoms with E-state index in [0.29, 0.717) is 30.8 Å². The Labute approximate surface area is 165 Å². The smallest absolute Gasteiger partial charge is 0.212 e. The van der Waals surface area contributed by atoms with E-state index in [9.17, 15) is 0 Å². The van der Waals surface area contributed by atoms with Gasteiger partial charge in [0.2, 0.25) is 5.96 Å². The number of hydrogen-bond donors (Lipinski definition) is 5. The van der Waals surface area contributed by atoms with Gasteiger partial charge in [-0.2, -0.15) is 10.1 Å². The van der Waals surface area contributed by atoms with E-state index in [1.165, 1.54) is 0 Å². The first-order chi connectivity index (χ1) is 13.7. The van der Waals surface area contributed by atoms with Crippen LogP contribution in [0.3, 0.4) is 0 Å². The fourth-order valence-electron chi connectivity index (χ4n) is 3.11. The Balaban J connectivity index is 1.60. The number of guanidine groups is 1. The Morgan fingerprint density at radius 1 is 1.36 bits per heavy atom. The van der Waals surface area contributed by atoms with Gasteiger partial charge in [0.15, 0.2) is 0 Å². The summed E-state index contributed by atoms with van der Waals surface area (Å²) in [4.78, 5) is 6.54. The van der Waals surface area contributed by atoms with E-state index in [4.69, 9.17) is 5.41 Å². The maximum Gasteiger partial charge on any atom is 0.212 e. The summed E-state index contributed by atoms with van der Waals surface area (Å²) >= 11 is 0. The van der Waals surface area contributed by atoms with Crippen molar-refractivity contribution in [1.82, 2.24) is 36.2 Å². The second-order valence-corrected chi connectivity index (χ2v) is 6.94. The first-order valence-electron chi connectivity index (χ1n) is 9.45. The van der Waals surface area contributed by atoms with Crippen LogP contribution in [0.2, 0.25) is 0 Å². The molecule has 150 valence electrons. The standard InChI is InChI=1S/C19H29N9/c1-21-26-19(25-18(20)14-27(2)13-15-10-22-11-15)23-12-16-6-3-4-7-17(16)28-9-5-8-24-28/h3-9,15,21-22H,10-14H2,1-2H3,(H3,20,23,25,26). The van der Waals surface area contributed by atoms with Gasteiger partial charge in [0.25, 0.3) is 0 Å². The van der Waals surface area contributed by atoms with E-state index < -0.39 is 0 Å². The molecule has 2 heterocycles. The van der Waals surface area contributed by atoms with Crippen LogP contribution in [0.1, 0.15) is 5.56 Å². The monoisotopic (exact) mass is 383 g/mol. The predicted molar refractivity (Wildman–Crippen MR) is 112 cm³/mol. The highest BCUT2D eigenvalue weighted by molar-refractivity contribution is 5.95. The van der Waals surface area contributed by atoms with E-state index in [1.54, 1.807) is 13.2 Å². The molecule has 0 saturated carbocycles. The Morgan fingerprint density at radius 2 is 2.18 bits per heavy atom. The lowest BCUT2D eigenvalue weighted by Gasteiger charge is -2.30. The van der Waals surface area contributed by atoms with E-state index in [2.05, 4.69) is 36.5 Å². The molecule has 1 aliphatic heterocycles. The second-order valence-electron chi connectivity index (χ2n) is 6.94. The molecule has 0 unspecified atom stereocenters. The number of hydrazine groups is 1. The summed E-state index contributed by atoms with van der Waals surface area (Å²) in [6, 6.07) is 9.96. The van der Waals surface area contributed by atoms with Crippen LogP contribution in [0.4, 0.5) is 0 Å². The molecule has 1 aromatic carbocycles. The normalized spacial score (nSPS) is 14.8. The lowest BCUT2D eigenvalue weighted by molar-refractivity contribution is 0.242. The molecule has 5 N–H and O–H groups in total. The number of amidine groups is 1. The Bertz CT molecular complexity index is 780. The number of aromatic nitrogens is 2. The third kappa shape index (κ3) is 5.62. The Morgan fingerprint density at radius 3 is 2.86 bits per heavy atom. The molecule has 0 bridgehead atoms. The zero-order valence-electron chi connectivity index (χ0n) is 16.4. The van der Waals surface area contributed by atoms with Crippen LogP contribution < -0.4 is 21.5 Å². The molecule has 1 aliphatic rings. The van der Waals surface area contributed by atoms with Gasteiger partial charge >= 0.3 is 0 Å². The minimum Gasteiger partial charge on any atom is -0.351 e. The number of hydrogen-bond acceptors (Lipinski definition) is 5. The Hall–Kier alpha value is -2.75. The average molecular weight is 384 g/mol. The molecular formula is C19H29N9. The molecule has 1 aromatic heterocycles. The van der Waals surface area contributed by atoms with Crippen molar-refractivity contribution >= 4 is 11.8 Å². The van der Waals surface area contributed by atoms with Crippen molar-refractivity contribution in [3.63, 3.8) is 0 Å². The molecule has 3 rings (SSSR count). The molecule has 0 aliphatic carbocycles. The van der Waals surface area contributed by atoms with Gasteiger partial charge in [-0.3, -0.25) is 15.7 Å². The molecule has 9 heteroatoms. The molecule has 1 fully saturated rings. The summed E-state index contributed by atoms with van der Waals surface area (Å²) in [6.45, 7) is 4.16. The highest BCUT2D eigenvalue weighted by Gasteiger charge is 2.18. The number of aliphatic imine (C=N–C) groups is 1. The van der Waals surface area contributed by atoms with Crippen LogP contribution in [0, 0.1) is 11.3 Å². The van der Waals surface area contributed by atoms with E-state index in [1.807, 2.05) is 48.3 Å². The van der Waals surface area contributed by atoms with Gasteiger partial charge in [-0.15, -0.1) is 0 Å². The number of rotatable bonds is 8. The first-order valence-corrected chi connectivity index (χ1v) is 9.45. The van der Waals surface area contributed by atoms with Crippen molar-refractivity contribution in [2.45, 2.75) is 6.54 Å². The number of likely N-dealkylation sites (N-methyl/N-ethyl adjacent to an activating group) is 1. The van der Waals surface area contributed by atoms with Crippen molar-refractivity contribution in [1.29, 1.82) is 5.41 Å². The van der Waals surface area contributed by atoms with E-state index in [-0.39, 0.29) is 0 Å². The highest BCUT2D eigenvalue weighted by atomic mass is 15.4. The summed E-state index contributed by atoms with van der Waals surface area (Å²) < 4.78 is 1.84. The Kier molecular flexibility index (Phi) is 7.12. The highest BCUT2D eigenvalue weighted by Crippen LogP contribution is 2.13. The minimum atomic E-state index is 0.306. The van der Waals surface area contributed by atoms with Crippen molar-refractivity contribution < 1.29 is 0 Å². The molecule has 0 radical (unpaired) electrons. The van der Waals surface area contributed by atoms with Gasteiger partial charge < -0.3 is 10.6 Å². The van der Waals surface area contributed by atoms with Crippen molar-refractivity contribution in [3.05, 3.63) is 48.3 Å². The van der Waals surface area contributed by atoms with Gasteiger partial charge in [-0.05, 0) is 30.7 Å². The SMILES string of the molecule is CNN/C(=N\C(=N)CN(C)CC1CNC1)NCc1ccccc1-n1cccn1. The van der Waals surface area contributed by atoms with Crippen LogP contribution in [0.5, 0.6) is 0 Å². The van der Waals surface area contributed by atoms with Gasteiger partial charge in [-0.1, -0.05) is 18.2 Å². The summed E-state index contributed by atoms with van der Waals surface area (Å²) in [6.07, 6.45) is 3.68. The van der Waals surface area contributed by atoms with Crippen LogP contribution in [0.15, 0.2) is 47.7 Å². The summed E-state index contributed by atoms with van der Waals surface area (Å²) in [5, 5.41) is 19.1. The summed E-state index contributed by atoms with van der Waals surface area (Å²) in [7, 11) is 3.80. The number of para-hydroxylation sites is 1. The van der Waals surface area contributed by atoms with E-state index >= 15 is 0 Å². The number of nitrogens with zero attached hydrogens (tertiary/aromatic N) is 4. The van der Waals surface area contributed by atoms with Crippen LogP contribution in [-0.2, 0) is 6.54 Å².